The fraction of sp³-hybridized carbons (Fsp3) is 0.680. The highest BCUT2D eigenvalue weighted by atomic mass is 16.2. The molecule has 4 heteroatoms. The first-order valence-corrected chi connectivity index (χ1v) is 11.3. The number of hydrogen-bond donors (Lipinski definition) is 1. The first kappa shape index (κ1) is 22.0. The Morgan fingerprint density at radius 2 is 1.83 bits per heavy atom. The summed E-state index contributed by atoms with van der Waals surface area (Å²) in [5.74, 6) is 0.0642. The molecule has 1 aromatic rings. The van der Waals surface area contributed by atoms with Crippen LogP contribution in [0.5, 0.6) is 0 Å². The van der Waals surface area contributed by atoms with Gasteiger partial charge in [-0.3, -0.25) is 4.79 Å². The maximum atomic E-state index is 12.3. The van der Waals surface area contributed by atoms with Crippen LogP contribution in [0.25, 0.3) is 0 Å². The van der Waals surface area contributed by atoms with E-state index >= 15 is 0 Å². The topological polar surface area (TPSA) is 49.4 Å². The number of benzene rings is 1. The average molecular weight is 401 g/mol. The van der Waals surface area contributed by atoms with Gasteiger partial charge in [0.05, 0.1) is 6.04 Å². The van der Waals surface area contributed by atoms with E-state index in [1.54, 1.807) is 6.92 Å². The van der Waals surface area contributed by atoms with Crippen LogP contribution in [-0.4, -0.2) is 36.2 Å². The van der Waals surface area contributed by atoms with E-state index in [2.05, 4.69) is 55.3 Å². The number of amides is 1. The van der Waals surface area contributed by atoms with Gasteiger partial charge in [-0.25, -0.2) is 0 Å². The van der Waals surface area contributed by atoms with E-state index < -0.39 is 0 Å². The Kier molecular flexibility index (Phi) is 6.83. The quantitative estimate of drug-likeness (QED) is 0.729. The van der Waals surface area contributed by atoms with Gasteiger partial charge >= 0.3 is 0 Å². The minimum Gasteiger partial charge on any atom is -0.349 e. The largest absolute Gasteiger partial charge is 0.349 e. The van der Waals surface area contributed by atoms with Gasteiger partial charge < -0.3 is 15.0 Å². The molecule has 162 valence electrons. The Morgan fingerprint density at radius 3 is 2.48 bits per heavy atom. The summed E-state index contributed by atoms with van der Waals surface area (Å²) in [6.07, 6.45) is 6.40. The summed E-state index contributed by atoms with van der Waals surface area (Å²) in [5, 5.41) is 3.20. The number of likely N-dealkylation sites (tertiary alicyclic amines) is 1. The number of ketones is 1. The SMILES string of the molecule is CC(=O)CCC(=O)N[C@H]1CCC2(CCN(CCC(C)(C)C)CC2)c2ccccc21.[HH]. The van der Waals surface area contributed by atoms with Crippen LogP contribution in [0, 0.1) is 5.41 Å². The van der Waals surface area contributed by atoms with E-state index in [1.807, 2.05) is 0 Å². The van der Waals surface area contributed by atoms with Crippen LogP contribution in [0.15, 0.2) is 24.3 Å². The van der Waals surface area contributed by atoms with Crippen molar-refractivity contribution in [1.82, 2.24) is 10.2 Å². The van der Waals surface area contributed by atoms with Gasteiger partial charge in [-0.1, -0.05) is 45.0 Å². The molecule has 1 N–H and O–H groups in total. The van der Waals surface area contributed by atoms with Crippen molar-refractivity contribution < 1.29 is 11.0 Å². The van der Waals surface area contributed by atoms with Gasteiger partial charge in [-0.15, -0.1) is 0 Å². The Bertz CT molecular complexity index is 733. The Hall–Kier alpha value is -1.68. The van der Waals surface area contributed by atoms with Crippen molar-refractivity contribution in [3.05, 3.63) is 35.4 Å². The molecule has 1 aliphatic carbocycles. The lowest BCUT2D eigenvalue weighted by Crippen LogP contribution is -2.46. The highest BCUT2D eigenvalue weighted by molar-refractivity contribution is 5.83. The van der Waals surface area contributed by atoms with Crippen LogP contribution in [0.3, 0.4) is 0 Å². The second kappa shape index (κ2) is 8.99. The van der Waals surface area contributed by atoms with Crippen LogP contribution >= 0.6 is 0 Å². The molecule has 3 rings (SSSR count). The molecule has 1 saturated heterocycles. The molecule has 0 aromatic heterocycles. The standard InChI is InChI=1S/C25H38N2O2.H2/c1-19(28)9-10-23(29)26-22-11-12-25(21-8-6-5-7-20(21)22)14-17-27(18-15-25)16-13-24(2,3)4;/h5-8,22H,9-18H2,1-4H3,(H,26,29);1H/t22-;/m0./s1. The predicted molar refractivity (Wildman–Crippen MR) is 120 cm³/mol. The molecule has 1 atom stereocenters. The lowest BCUT2D eigenvalue weighted by atomic mass is 9.63. The second-order valence-electron chi connectivity index (χ2n) is 10.4. The van der Waals surface area contributed by atoms with Crippen LogP contribution in [0.2, 0.25) is 0 Å². The van der Waals surface area contributed by atoms with E-state index in [-0.39, 0.29) is 24.6 Å². The number of rotatable bonds is 6. The van der Waals surface area contributed by atoms with Gasteiger partial charge in [-0.05, 0) is 80.6 Å². The number of piperidine rings is 1. The molecule has 1 spiro atoms. The van der Waals surface area contributed by atoms with E-state index in [9.17, 15) is 9.59 Å². The van der Waals surface area contributed by atoms with Gasteiger partial charge in [0.2, 0.25) is 5.91 Å². The third kappa shape index (κ3) is 5.69. The molecule has 1 amide bonds. The van der Waals surface area contributed by atoms with Crippen molar-refractivity contribution in [2.45, 2.75) is 84.1 Å². The van der Waals surface area contributed by atoms with Crippen molar-refractivity contribution in [1.29, 1.82) is 0 Å². The van der Waals surface area contributed by atoms with E-state index in [1.165, 1.54) is 50.0 Å². The third-order valence-electron chi connectivity index (χ3n) is 6.85. The van der Waals surface area contributed by atoms with Crippen molar-refractivity contribution >= 4 is 11.7 Å². The van der Waals surface area contributed by atoms with Crippen molar-refractivity contribution in [3.8, 4) is 0 Å². The lowest BCUT2D eigenvalue weighted by molar-refractivity contribution is -0.125. The molecule has 1 aliphatic heterocycles. The highest BCUT2D eigenvalue weighted by Gasteiger charge is 2.42. The van der Waals surface area contributed by atoms with Crippen molar-refractivity contribution in [3.63, 3.8) is 0 Å². The highest BCUT2D eigenvalue weighted by Crippen LogP contribution is 2.48. The van der Waals surface area contributed by atoms with Crippen LogP contribution < -0.4 is 5.32 Å². The number of carbonyl (C=O) groups excluding carboxylic acids is 2. The summed E-state index contributed by atoms with van der Waals surface area (Å²) in [6.45, 7) is 12.0. The fourth-order valence-corrected chi connectivity index (χ4v) is 4.92. The molecule has 1 aromatic carbocycles. The zero-order valence-electron chi connectivity index (χ0n) is 18.7. The third-order valence-corrected chi connectivity index (χ3v) is 6.85. The number of Topliss-reactive ketones (excluding diaryl/α,β-unsaturated/α-hetero) is 1. The fourth-order valence-electron chi connectivity index (χ4n) is 4.92. The molecular weight excluding hydrogens is 360 g/mol. The molecule has 4 nitrogen and oxygen atoms in total. The molecule has 0 bridgehead atoms. The van der Waals surface area contributed by atoms with Gasteiger partial charge in [0.15, 0.2) is 0 Å². The Morgan fingerprint density at radius 1 is 1.14 bits per heavy atom. The predicted octanol–water partition coefficient (Wildman–Crippen LogP) is 5.02. The number of nitrogens with one attached hydrogen (secondary N) is 1. The van der Waals surface area contributed by atoms with Crippen molar-refractivity contribution in [2.24, 2.45) is 5.41 Å². The number of carbonyl (C=O) groups is 2. The minimum atomic E-state index is -0.00653. The number of hydrogen-bond acceptors (Lipinski definition) is 3. The molecule has 2 aliphatic rings. The van der Waals surface area contributed by atoms with Crippen LogP contribution in [-0.2, 0) is 15.0 Å². The maximum Gasteiger partial charge on any atom is 0.220 e. The summed E-state index contributed by atoms with van der Waals surface area (Å²) in [6, 6.07) is 8.79. The smallest absolute Gasteiger partial charge is 0.220 e. The van der Waals surface area contributed by atoms with E-state index in [0.29, 0.717) is 18.3 Å². The van der Waals surface area contributed by atoms with E-state index in [4.69, 9.17) is 0 Å². The molecule has 1 fully saturated rings. The molecular formula is C25H40N2O2. The first-order chi connectivity index (χ1) is 13.7. The summed E-state index contributed by atoms with van der Waals surface area (Å²) in [4.78, 5) is 26.1. The average Bonchev–Trinajstić information content (AvgIpc) is 2.68. The lowest BCUT2D eigenvalue weighted by Gasteiger charge is -2.47. The van der Waals surface area contributed by atoms with E-state index in [0.717, 1.165) is 12.8 Å². The molecule has 1 heterocycles. The summed E-state index contributed by atoms with van der Waals surface area (Å²) in [5.41, 5.74) is 3.38. The molecule has 0 unspecified atom stereocenters. The summed E-state index contributed by atoms with van der Waals surface area (Å²) in [7, 11) is 0. The minimum absolute atomic E-state index is 0. The van der Waals surface area contributed by atoms with Crippen molar-refractivity contribution in [2.75, 3.05) is 19.6 Å². The normalized spacial score (nSPS) is 21.6. The van der Waals surface area contributed by atoms with Gasteiger partial charge in [-0.2, -0.15) is 0 Å². The number of nitrogens with zero attached hydrogens (tertiary/aromatic N) is 1. The maximum absolute atomic E-state index is 12.3. The van der Waals surface area contributed by atoms with Crippen LogP contribution in [0.1, 0.15) is 91.2 Å². The Labute approximate surface area is 177 Å². The van der Waals surface area contributed by atoms with Gasteiger partial charge in [0, 0.05) is 14.3 Å². The molecule has 29 heavy (non-hydrogen) atoms. The second-order valence-corrected chi connectivity index (χ2v) is 10.4. The molecule has 0 saturated carbocycles. The zero-order chi connectivity index (χ0) is 21.1. The van der Waals surface area contributed by atoms with Gasteiger partial charge in [0.25, 0.3) is 0 Å². The number of fused-ring (bicyclic) bond motifs is 2. The van der Waals surface area contributed by atoms with Crippen LogP contribution in [0.4, 0.5) is 0 Å². The summed E-state index contributed by atoms with van der Waals surface area (Å²) < 4.78 is 0. The monoisotopic (exact) mass is 400 g/mol. The zero-order valence-corrected chi connectivity index (χ0v) is 18.7. The van der Waals surface area contributed by atoms with Gasteiger partial charge in [0.1, 0.15) is 5.78 Å². The molecule has 0 radical (unpaired) electrons. The Balaban J connectivity index is 0.00000320. The summed E-state index contributed by atoms with van der Waals surface area (Å²) >= 11 is 0. The first-order valence-electron chi connectivity index (χ1n) is 11.3.